The van der Waals surface area contributed by atoms with Crippen LogP contribution in [-0.4, -0.2) is 36.0 Å². The minimum absolute atomic E-state index is 0.175. The zero-order valence-corrected chi connectivity index (χ0v) is 12.2. The Morgan fingerprint density at radius 3 is 2.85 bits per heavy atom. The molecular formula is C16H21FN2O. The lowest BCUT2D eigenvalue weighted by atomic mass is 9.84. The van der Waals surface area contributed by atoms with Crippen molar-refractivity contribution in [1.82, 2.24) is 10.2 Å². The number of halogens is 1. The molecule has 0 saturated carbocycles. The molecule has 20 heavy (non-hydrogen) atoms. The molecule has 1 aromatic rings. The Morgan fingerprint density at radius 2 is 2.15 bits per heavy atom. The second-order valence-electron chi connectivity index (χ2n) is 6.58. The van der Waals surface area contributed by atoms with Gasteiger partial charge in [0.2, 0.25) is 0 Å². The molecule has 3 rings (SSSR count). The van der Waals surface area contributed by atoms with Crippen LogP contribution < -0.4 is 5.32 Å². The van der Waals surface area contributed by atoms with E-state index < -0.39 is 5.82 Å². The number of amides is 1. The second-order valence-corrected chi connectivity index (χ2v) is 6.58. The molecule has 1 N–H and O–H groups in total. The first-order chi connectivity index (χ1) is 9.41. The van der Waals surface area contributed by atoms with Crippen molar-refractivity contribution in [3.8, 4) is 0 Å². The summed E-state index contributed by atoms with van der Waals surface area (Å²) in [6.07, 6.45) is 0. The molecule has 2 fully saturated rings. The maximum absolute atomic E-state index is 14.0. The smallest absolute Gasteiger partial charge is 0.257 e. The molecule has 2 aliphatic heterocycles. The highest BCUT2D eigenvalue weighted by molar-refractivity contribution is 5.95. The van der Waals surface area contributed by atoms with Crippen molar-refractivity contribution in [2.45, 2.75) is 26.3 Å². The van der Waals surface area contributed by atoms with Gasteiger partial charge in [-0.2, -0.15) is 0 Å². The number of nitrogens with zero attached hydrogens (tertiary/aromatic N) is 1. The second kappa shape index (κ2) is 4.55. The van der Waals surface area contributed by atoms with Crippen molar-refractivity contribution in [2.75, 3.05) is 19.6 Å². The van der Waals surface area contributed by atoms with Gasteiger partial charge in [0.1, 0.15) is 5.82 Å². The van der Waals surface area contributed by atoms with E-state index in [1.165, 1.54) is 6.07 Å². The predicted molar refractivity (Wildman–Crippen MR) is 76.1 cm³/mol. The van der Waals surface area contributed by atoms with E-state index in [4.69, 9.17) is 0 Å². The van der Waals surface area contributed by atoms with Gasteiger partial charge < -0.3 is 10.2 Å². The lowest BCUT2D eigenvalue weighted by molar-refractivity contribution is 0.0598. The number of carbonyl (C=O) groups is 1. The summed E-state index contributed by atoms with van der Waals surface area (Å²) in [6.45, 7) is 8.68. The topological polar surface area (TPSA) is 32.3 Å². The molecule has 3 nitrogen and oxygen atoms in total. The summed E-state index contributed by atoms with van der Waals surface area (Å²) in [6, 6.07) is 4.73. The number of fused-ring (bicyclic) bond motifs is 1. The number of benzene rings is 1. The fourth-order valence-electron chi connectivity index (χ4n) is 3.71. The Morgan fingerprint density at radius 1 is 1.40 bits per heavy atom. The number of hydrogen-bond donors (Lipinski definition) is 1. The third kappa shape index (κ3) is 1.94. The van der Waals surface area contributed by atoms with E-state index in [1.54, 1.807) is 12.1 Å². The van der Waals surface area contributed by atoms with Gasteiger partial charge in [-0.1, -0.05) is 11.6 Å². The molecule has 108 valence electrons. The molecule has 2 unspecified atom stereocenters. The predicted octanol–water partition coefficient (Wildman–Crippen LogP) is 2.20. The van der Waals surface area contributed by atoms with Crippen LogP contribution in [0.4, 0.5) is 4.39 Å². The van der Waals surface area contributed by atoms with Gasteiger partial charge >= 0.3 is 0 Å². The average Bonchev–Trinajstić information content (AvgIpc) is 2.94. The molecule has 2 aliphatic rings. The number of nitrogens with one attached hydrogen (secondary N) is 1. The molecule has 0 bridgehead atoms. The highest BCUT2D eigenvalue weighted by Crippen LogP contribution is 2.41. The van der Waals surface area contributed by atoms with Crippen LogP contribution in [-0.2, 0) is 0 Å². The van der Waals surface area contributed by atoms with Gasteiger partial charge in [0.15, 0.2) is 0 Å². The first-order valence-electron chi connectivity index (χ1n) is 7.20. The molecule has 2 saturated heterocycles. The van der Waals surface area contributed by atoms with Gasteiger partial charge in [-0.3, -0.25) is 4.79 Å². The van der Waals surface area contributed by atoms with Crippen LogP contribution in [0.5, 0.6) is 0 Å². The van der Waals surface area contributed by atoms with Crippen LogP contribution in [0.3, 0.4) is 0 Å². The number of rotatable bonds is 1. The summed E-state index contributed by atoms with van der Waals surface area (Å²) in [4.78, 5) is 14.6. The summed E-state index contributed by atoms with van der Waals surface area (Å²) in [5.74, 6) is 0.346. The highest BCUT2D eigenvalue weighted by Gasteiger charge is 2.51. The van der Waals surface area contributed by atoms with Gasteiger partial charge in [0, 0.05) is 25.2 Å². The molecule has 0 aliphatic carbocycles. The van der Waals surface area contributed by atoms with Gasteiger partial charge in [0.05, 0.1) is 5.56 Å². The van der Waals surface area contributed by atoms with Gasteiger partial charge in [-0.05, 0) is 44.7 Å². The highest BCUT2D eigenvalue weighted by atomic mass is 19.1. The molecular weight excluding hydrogens is 255 g/mol. The minimum atomic E-state index is -0.424. The monoisotopic (exact) mass is 276 g/mol. The Balaban J connectivity index is 1.93. The van der Waals surface area contributed by atoms with Gasteiger partial charge in [0.25, 0.3) is 5.91 Å². The maximum Gasteiger partial charge on any atom is 0.257 e. The number of likely N-dealkylation sites (tertiary alicyclic amines) is 1. The first-order valence-corrected chi connectivity index (χ1v) is 7.20. The standard InChI is InChI=1S/C16H21FN2O/c1-10-4-5-14(17)12(6-10)15(20)19-9-11-7-18-8-13(11)16(19,2)3/h4-6,11,13,18H,7-9H2,1-3H3. The van der Waals surface area contributed by atoms with Crippen molar-refractivity contribution in [3.63, 3.8) is 0 Å². The maximum atomic E-state index is 14.0. The third-order valence-electron chi connectivity index (χ3n) is 4.96. The van der Waals surface area contributed by atoms with Crippen molar-refractivity contribution < 1.29 is 9.18 Å². The fraction of sp³-hybridized carbons (Fsp3) is 0.562. The van der Waals surface area contributed by atoms with Gasteiger partial charge in [-0.15, -0.1) is 0 Å². The first kappa shape index (κ1) is 13.6. The minimum Gasteiger partial charge on any atom is -0.333 e. The van der Waals surface area contributed by atoms with Crippen LogP contribution in [0.15, 0.2) is 18.2 Å². The van der Waals surface area contributed by atoms with E-state index in [2.05, 4.69) is 19.2 Å². The van der Waals surface area contributed by atoms with E-state index in [1.807, 2.05) is 11.8 Å². The summed E-state index contributed by atoms with van der Waals surface area (Å²) >= 11 is 0. The normalized spacial score (nSPS) is 27.7. The quantitative estimate of drug-likeness (QED) is 0.853. The van der Waals surface area contributed by atoms with E-state index >= 15 is 0 Å². The average molecular weight is 276 g/mol. The largest absolute Gasteiger partial charge is 0.333 e. The molecule has 1 aromatic carbocycles. The molecule has 1 amide bonds. The third-order valence-corrected chi connectivity index (χ3v) is 4.96. The molecule has 2 heterocycles. The van der Waals surface area contributed by atoms with Crippen molar-refractivity contribution in [2.24, 2.45) is 11.8 Å². The van der Waals surface area contributed by atoms with Gasteiger partial charge in [-0.25, -0.2) is 4.39 Å². The van der Waals surface area contributed by atoms with Crippen LogP contribution in [0.25, 0.3) is 0 Å². The van der Waals surface area contributed by atoms with Crippen molar-refractivity contribution in [3.05, 3.63) is 35.1 Å². The Hall–Kier alpha value is -1.42. The zero-order chi connectivity index (χ0) is 14.5. The Labute approximate surface area is 119 Å². The Bertz CT molecular complexity index is 555. The molecule has 0 radical (unpaired) electrons. The van der Waals surface area contributed by atoms with E-state index in [0.29, 0.717) is 11.8 Å². The van der Waals surface area contributed by atoms with E-state index in [9.17, 15) is 9.18 Å². The lowest BCUT2D eigenvalue weighted by Crippen LogP contribution is -2.47. The molecule has 0 aromatic heterocycles. The summed E-state index contributed by atoms with van der Waals surface area (Å²) in [5, 5.41) is 3.39. The zero-order valence-electron chi connectivity index (χ0n) is 12.2. The van der Waals surface area contributed by atoms with Crippen LogP contribution in [0.1, 0.15) is 29.8 Å². The number of carbonyl (C=O) groups excluding carboxylic acids is 1. The molecule has 0 spiro atoms. The SMILES string of the molecule is Cc1ccc(F)c(C(=O)N2CC3CNCC3C2(C)C)c1. The van der Waals surface area contributed by atoms with E-state index in [-0.39, 0.29) is 17.0 Å². The summed E-state index contributed by atoms with van der Waals surface area (Å²) in [7, 11) is 0. The van der Waals surface area contributed by atoms with Crippen LogP contribution in [0, 0.1) is 24.6 Å². The molecule has 2 atom stereocenters. The molecule has 4 heteroatoms. The summed E-state index contributed by atoms with van der Waals surface area (Å²) < 4.78 is 14.0. The fourth-order valence-corrected chi connectivity index (χ4v) is 3.71. The van der Waals surface area contributed by atoms with Crippen LogP contribution >= 0.6 is 0 Å². The Kier molecular flexibility index (Phi) is 3.09. The van der Waals surface area contributed by atoms with Crippen molar-refractivity contribution in [1.29, 1.82) is 0 Å². The number of hydrogen-bond acceptors (Lipinski definition) is 2. The van der Waals surface area contributed by atoms with Crippen LogP contribution in [0.2, 0.25) is 0 Å². The number of aryl methyl sites for hydroxylation is 1. The lowest BCUT2D eigenvalue weighted by Gasteiger charge is -2.35. The van der Waals surface area contributed by atoms with E-state index in [0.717, 1.165) is 25.2 Å². The van der Waals surface area contributed by atoms with Crippen molar-refractivity contribution >= 4 is 5.91 Å². The summed E-state index contributed by atoms with van der Waals surface area (Å²) in [5.41, 5.74) is 0.890.